The predicted octanol–water partition coefficient (Wildman–Crippen LogP) is 0.668. The lowest BCUT2D eigenvalue weighted by atomic mass is 10.4. The van der Waals surface area contributed by atoms with Crippen LogP contribution in [0.5, 0.6) is 0 Å². The van der Waals surface area contributed by atoms with Crippen LogP contribution in [0.1, 0.15) is 6.92 Å². The van der Waals surface area contributed by atoms with Crippen molar-refractivity contribution in [2.45, 2.75) is 6.92 Å². The van der Waals surface area contributed by atoms with Crippen LogP contribution in [0, 0.1) is 0 Å². The molecular weight excluding hydrogens is 288 g/mol. The molecule has 104 valence electrons. The molecule has 9 heteroatoms. The second-order valence-corrected chi connectivity index (χ2v) is 4.56. The molecule has 2 rings (SSSR count). The Morgan fingerprint density at radius 1 is 1.37 bits per heavy atom. The molecule has 2 N–H and O–H groups in total. The summed E-state index contributed by atoms with van der Waals surface area (Å²) in [6.45, 7) is 5.45. The van der Waals surface area contributed by atoms with Crippen LogP contribution in [-0.2, 0) is 4.74 Å². The van der Waals surface area contributed by atoms with Crippen molar-refractivity contribution in [2.75, 3.05) is 43.1 Å². The van der Waals surface area contributed by atoms with E-state index in [1.165, 1.54) is 0 Å². The van der Waals surface area contributed by atoms with E-state index in [0.29, 0.717) is 30.2 Å². The van der Waals surface area contributed by atoms with Crippen LogP contribution in [0.25, 0.3) is 0 Å². The van der Waals surface area contributed by atoms with E-state index in [9.17, 15) is 0 Å². The molecule has 0 amide bonds. The number of halogens is 1. The third-order valence-electron chi connectivity index (χ3n) is 2.45. The van der Waals surface area contributed by atoms with E-state index in [1.54, 1.807) is 0 Å². The normalized spacial score (nSPS) is 15.2. The van der Waals surface area contributed by atoms with Gasteiger partial charge in [0.25, 0.3) is 0 Å². The van der Waals surface area contributed by atoms with Crippen molar-refractivity contribution < 1.29 is 4.74 Å². The van der Waals surface area contributed by atoms with E-state index in [4.69, 9.17) is 28.6 Å². The Bertz CT molecular complexity index is 454. The lowest BCUT2D eigenvalue weighted by Gasteiger charge is -2.26. The molecule has 0 spiro atoms. The number of rotatable bonds is 3. The van der Waals surface area contributed by atoms with Crippen LogP contribution in [0.2, 0.25) is 5.28 Å². The highest BCUT2D eigenvalue weighted by Crippen LogP contribution is 2.14. The zero-order chi connectivity index (χ0) is 13.7. The van der Waals surface area contributed by atoms with Crippen molar-refractivity contribution >= 4 is 40.8 Å². The molecule has 7 nitrogen and oxygen atoms in total. The van der Waals surface area contributed by atoms with Crippen molar-refractivity contribution in [3.8, 4) is 0 Å². The standard InChI is InChI=1S/C10H15ClN6OS/c1-2-12-10(19)16-8-13-7(11)14-9(15-8)17-3-5-18-6-4-17/h2-6H2,1H3,(H2,12,13,14,15,16,19). The minimum Gasteiger partial charge on any atom is -0.378 e. The van der Waals surface area contributed by atoms with Gasteiger partial charge >= 0.3 is 0 Å². The SMILES string of the molecule is CCNC(=S)Nc1nc(Cl)nc(N2CCOCC2)n1. The molecule has 1 aliphatic rings. The maximum atomic E-state index is 5.91. The molecule has 0 aliphatic carbocycles. The Morgan fingerprint density at radius 2 is 2.11 bits per heavy atom. The number of hydrogen-bond donors (Lipinski definition) is 2. The van der Waals surface area contributed by atoms with Gasteiger partial charge in [-0.15, -0.1) is 0 Å². The van der Waals surface area contributed by atoms with Crippen molar-refractivity contribution in [1.29, 1.82) is 0 Å². The van der Waals surface area contributed by atoms with E-state index < -0.39 is 0 Å². The van der Waals surface area contributed by atoms with Crippen molar-refractivity contribution in [1.82, 2.24) is 20.3 Å². The highest BCUT2D eigenvalue weighted by atomic mass is 35.5. The highest BCUT2D eigenvalue weighted by molar-refractivity contribution is 7.80. The second kappa shape index (κ2) is 6.78. The first-order chi connectivity index (χ1) is 9.19. The van der Waals surface area contributed by atoms with Crippen LogP contribution in [0.15, 0.2) is 0 Å². The molecular formula is C10H15ClN6OS. The monoisotopic (exact) mass is 302 g/mol. The smallest absolute Gasteiger partial charge is 0.235 e. The average Bonchev–Trinajstić information content (AvgIpc) is 2.39. The first kappa shape index (κ1) is 14.2. The van der Waals surface area contributed by atoms with E-state index in [0.717, 1.165) is 19.6 Å². The molecule has 19 heavy (non-hydrogen) atoms. The van der Waals surface area contributed by atoms with Crippen LogP contribution >= 0.6 is 23.8 Å². The lowest BCUT2D eigenvalue weighted by molar-refractivity contribution is 0.122. The van der Waals surface area contributed by atoms with Gasteiger partial charge in [0.2, 0.25) is 17.2 Å². The molecule has 1 aromatic rings. The zero-order valence-corrected chi connectivity index (χ0v) is 12.1. The maximum Gasteiger partial charge on any atom is 0.235 e. The fraction of sp³-hybridized carbons (Fsp3) is 0.600. The van der Waals surface area contributed by atoms with Crippen LogP contribution in [-0.4, -0.2) is 52.9 Å². The molecule has 0 bridgehead atoms. The van der Waals surface area contributed by atoms with Gasteiger partial charge < -0.3 is 20.3 Å². The molecule has 1 aromatic heterocycles. The fourth-order valence-electron chi connectivity index (χ4n) is 1.61. The van der Waals surface area contributed by atoms with Gasteiger partial charge in [-0.3, -0.25) is 0 Å². The third kappa shape index (κ3) is 4.12. The largest absolute Gasteiger partial charge is 0.378 e. The summed E-state index contributed by atoms with van der Waals surface area (Å²) in [5, 5.41) is 6.43. The molecule has 0 unspecified atom stereocenters. The van der Waals surface area contributed by atoms with Crippen LogP contribution < -0.4 is 15.5 Å². The molecule has 2 heterocycles. The number of morpholine rings is 1. The first-order valence-electron chi connectivity index (χ1n) is 5.98. The minimum absolute atomic E-state index is 0.137. The summed E-state index contributed by atoms with van der Waals surface area (Å²) in [6, 6.07) is 0. The third-order valence-corrected chi connectivity index (χ3v) is 2.87. The van der Waals surface area contributed by atoms with Gasteiger partial charge in [-0.05, 0) is 30.7 Å². The first-order valence-corrected chi connectivity index (χ1v) is 6.77. The summed E-state index contributed by atoms with van der Waals surface area (Å²) < 4.78 is 5.29. The highest BCUT2D eigenvalue weighted by Gasteiger charge is 2.16. The summed E-state index contributed by atoms with van der Waals surface area (Å²) in [6.07, 6.45) is 0. The zero-order valence-electron chi connectivity index (χ0n) is 10.5. The number of anilines is 2. The number of nitrogens with zero attached hydrogens (tertiary/aromatic N) is 4. The number of thiocarbonyl (C=S) groups is 1. The molecule has 0 saturated carbocycles. The molecule has 0 atom stereocenters. The number of aromatic nitrogens is 3. The predicted molar refractivity (Wildman–Crippen MR) is 77.8 cm³/mol. The Labute approximate surface area is 121 Å². The van der Waals surface area contributed by atoms with Crippen molar-refractivity contribution in [3.63, 3.8) is 0 Å². The van der Waals surface area contributed by atoms with Gasteiger partial charge in [-0.25, -0.2) is 0 Å². The van der Waals surface area contributed by atoms with Crippen molar-refractivity contribution in [2.24, 2.45) is 0 Å². The maximum absolute atomic E-state index is 5.91. The Balaban J connectivity index is 2.11. The van der Waals surface area contributed by atoms with E-state index in [-0.39, 0.29) is 5.28 Å². The van der Waals surface area contributed by atoms with Gasteiger partial charge in [0.15, 0.2) is 5.11 Å². The summed E-state index contributed by atoms with van der Waals surface area (Å²) in [7, 11) is 0. The second-order valence-electron chi connectivity index (χ2n) is 3.81. The summed E-state index contributed by atoms with van der Waals surface area (Å²) in [5.41, 5.74) is 0. The van der Waals surface area contributed by atoms with Gasteiger partial charge in [0.05, 0.1) is 13.2 Å². The Morgan fingerprint density at radius 3 is 2.79 bits per heavy atom. The number of nitrogens with one attached hydrogen (secondary N) is 2. The quantitative estimate of drug-likeness (QED) is 0.789. The van der Waals surface area contributed by atoms with Gasteiger partial charge in [0, 0.05) is 19.6 Å². The molecule has 0 aromatic carbocycles. The van der Waals surface area contributed by atoms with E-state index >= 15 is 0 Å². The van der Waals surface area contributed by atoms with Gasteiger partial charge in [-0.2, -0.15) is 15.0 Å². The summed E-state index contributed by atoms with van der Waals surface area (Å²) in [5.74, 6) is 0.873. The van der Waals surface area contributed by atoms with E-state index in [2.05, 4.69) is 25.6 Å². The number of ether oxygens (including phenoxy) is 1. The molecule has 1 saturated heterocycles. The topological polar surface area (TPSA) is 75.2 Å². The summed E-state index contributed by atoms with van der Waals surface area (Å²) in [4.78, 5) is 14.4. The minimum atomic E-state index is 0.137. The Kier molecular flexibility index (Phi) is 5.06. The molecule has 1 aliphatic heterocycles. The van der Waals surface area contributed by atoms with Crippen LogP contribution in [0.3, 0.4) is 0 Å². The van der Waals surface area contributed by atoms with E-state index in [1.807, 2.05) is 11.8 Å². The molecule has 1 fully saturated rings. The van der Waals surface area contributed by atoms with Crippen LogP contribution in [0.4, 0.5) is 11.9 Å². The lowest BCUT2D eigenvalue weighted by Crippen LogP contribution is -2.37. The average molecular weight is 303 g/mol. The van der Waals surface area contributed by atoms with Gasteiger partial charge in [0.1, 0.15) is 0 Å². The fourth-order valence-corrected chi connectivity index (χ4v) is 2.00. The Hall–Kier alpha value is -1.25. The number of hydrogen-bond acceptors (Lipinski definition) is 6. The molecule has 0 radical (unpaired) electrons. The van der Waals surface area contributed by atoms with Gasteiger partial charge in [-0.1, -0.05) is 0 Å². The van der Waals surface area contributed by atoms with Crippen molar-refractivity contribution in [3.05, 3.63) is 5.28 Å². The summed E-state index contributed by atoms with van der Waals surface area (Å²) >= 11 is 11.0.